The van der Waals surface area contributed by atoms with Gasteiger partial charge in [0.2, 0.25) is 0 Å². The molecule has 0 atom stereocenters. The first-order valence-corrected chi connectivity index (χ1v) is 14.2. The average Bonchev–Trinajstić information content (AvgIpc) is 3.30. The Hall–Kier alpha value is -3.73. The van der Waals surface area contributed by atoms with Gasteiger partial charge in [-0.1, -0.05) is 23.2 Å². The number of aromatic nitrogens is 4. The Labute approximate surface area is 242 Å². The van der Waals surface area contributed by atoms with Crippen molar-refractivity contribution < 1.29 is 14.6 Å². The largest absolute Gasteiger partial charge is 0.491 e. The van der Waals surface area contributed by atoms with Gasteiger partial charge in [-0.05, 0) is 50.6 Å². The maximum Gasteiger partial charge on any atom is 0.338 e. The van der Waals surface area contributed by atoms with Gasteiger partial charge < -0.3 is 14.7 Å². The van der Waals surface area contributed by atoms with E-state index < -0.39 is 5.97 Å². The summed E-state index contributed by atoms with van der Waals surface area (Å²) in [5, 5.41) is 12.2. The highest BCUT2D eigenvalue weighted by Gasteiger charge is 2.22. The van der Waals surface area contributed by atoms with Crippen molar-refractivity contribution in [2.45, 2.75) is 26.8 Å². The maximum absolute atomic E-state index is 13.4. The smallest absolute Gasteiger partial charge is 0.338 e. The van der Waals surface area contributed by atoms with Gasteiger partial charge in [0.05, 0.1) is 32.9 Å². The van der Waals surface area contributed by atoms with E-state index in [0.717, 1.165) is 29.8 Å². The van der Waals surface area contributed by atoms with E-state index >= 15 is 0 Å². The van der Waals surface area contributed by atoms with Crippen molar-refractivity contribution in [3.63, 3.8) is 0 Å². The van der Waals surface area contributed by atoms with Crippen molar-refractivity contribution in [1.82, 2.24) is 19.5 Å². The molecule has 5 aromatic rings. The second-order valence-electron chi connectivity index (χ2n) is 9.55. The number of benzene rings is 1. The van der Waals surface area contributed by atoms with Crippen LogP contribution in [0.1, 0.15) is 28.3 Å². The minimum atomic E-state index is -1.03. The van der Waals surface area contributed by atoms with Gasteiger partial charge in [0, 0.05) is 40.3 Å². The van der Waals surface area contributed by atoms with Crippen LogP contribution in [0.3, 0.4) is 0 Å². The monoisotopic (exact) mass is 595 g/mol. The van der Waals surface area contributed by atoms with Gasteiger partial charge in [0.1, 0.15) is 24.0 Å². The van der Waals surface area contributed by atoms with Crippen LogP contribution in [-0.4, -0.2) is 50.3 Å². The molecule has 6 rings (SSSR count). The van der Waals surface area contributed by atoms with E-state index in [-0.39, 0.29) is 29.8 Å². The Morgan fingerprint density at radius 1 is 1.07 bits per heavy atom. The van der Waals surface area contributed by atoms with E-state index in [1.54, 1.807) is 41.1 Å². The fourth-order valence-electron chi connectivity index (χ4n) is 4.81. The lowest BCUT2D eigenvalue weighted by Crippen LogP contribution is -2.38. The highest BCUT2D eigenvalue weighted by molar-refractivity contribution is 7.18. The number of halogens is 2. The maximum atomic E-state index is 13.4. The zero-order valence-corrected chi connectivity index (χ0v) is 23.9. The van der Waals surface area contributed by atoms with Crippen molar-refractivity contribution in [2.24, 2.45) is 0 Å². The fourth-order valence-corrected chi connectivity index (χ4v) is 6.26. The van der Waals surface area contributed by atoms with E-state index in [1.165, 1.54) is 11.3 Å². The van der Waals surface area contributed by atoms with Gasteiger partial charge in [-0.25, -0.2) is 14.8 Å². The van der Waals surface area contributed by atoms with Crippen molar-refractivity contribution in [3.05, 3.63) is 73.2 Å². The van der Waals surface area contributed by atoms with Crippen LogP contribution in [0.4, 0.5) is 5.82 Å². The molecule has 0 unspecified atom stereocenters. The van der Waals surface area contributed by atoms with Crippen LogP contribution < -0.4 is 15.2 Å². The normalized spacial score (nSPS) is 13.2. The molecule has 204 valence electrons. The molecule has 0 radical (unpaired) electrons. The molecular formula is C28H23Cl2N5O4S. The minimum Gasteiger partial charge on any atom is -0.491 e. The van der Waals surface area contributed by atoms with Gasteiger partial charge in [0.15, 0.2) is 5.52 Å². The van der Waals surface area contributed by atoms with E-state index in [4.69, 9.17) is 27.9 Å². The van der Waals surface area contributed by atoms with Crippen LogP contribution in [-0.2, 0) is 6.54 Å². The first-order chi connectivity index (χ1) is 19.2. The molecule has 1 saturated heterocycles. The summed E-state index contributed by atoms with van der Waals surface area (Å²) in [4.78, 5) is 40.8. The molecule has 5 heterocycles. The predicted octanol–water partition coefficient (Wildman–Crippen LogP) is 5.98. The quantitative estimate of drug-likeness (QED) is 0.244. The number of hydrogen-bond donors (Lipinski definition) is 1. The number of pyridine rings is 2. The molecule has 0 saturated carbocycles. The van der Waals surface area contributed by atoms with Gasteiger partial charge >= 0.3 is 5.97 Å². The lowest BCUT2D eigenvalue weighted by Gasteiger charge is -2.32. The Morgan fingerprint density at radius 2 is 1.88 bits per heavy atom. The number of carboxylic acids is 1. The summed E-state index contributed by atoms with van der Waals surface area (Å²) in [6.07, 6.45) is 1.06. The summed E-state index contributed by atoms with van der Waals surface area (Å²) < 4.78 is 8.47. The molecular weight excluding hydrogens is 573 g/mol. The van der Waals surface area contributed by atoms with Gasteiger partial charge in [-0.15, -0.1) is 11.3 Å². The zero-order valence-electron chi connectivity index (χ0n) is 21.6. The highest BCUT2D eigenvalue weighted by atomic mass is 35.5. The number of rotatable bonds is 7. The molecule has 1 N–H and O–H groups in total. The number of carboxylic acid groups (broad SMARTS) is 1. The Bertz CT molecular complexity index is 1880. The SMILES string of the molecule is Cc1cc(-c2cc(Cl)ccc2OCCn2c(C)nc3cc(Cl)c(N4CCC4)nc3c2=O)c2scc(C(=O)O)c2n1. The molecule has 0 amide bonds. The summed E-state index contributed by atoms with van der Waals surface area (Å²) >= 11 is 14.1. The summed E-state index contributed by atoms with van der Waals surface area (Å²) in [6, 6.07) is 8.86. The molecule has 1 aromatic carbocycles. The number of nitrogens with zero attached hydrogens (tertiary/aromatic N) is 5. The van der Waals surface area contributed by atoms with Crippen LogP contribution in [0.15, 0.2) is 40.5 Å². The second kappa shape index (κ2) is 10.3. The van der Waals surface area contributed by atoms with Crippen LogP contribution in [0.25, 0.3) is 32.4 Å². The number of ether oxygens (including phenoxy) is 1. The lowest BCUT2D eigenvalue weighted by molar-refractivity contribution is 0.0699. The molecule has 4 aromatic heterocycles. The van der Waals surface area contributed by atoms with Crippen LogP contribution in [0, 0.1) is 13.8 Å². The molecule has 1 aliphatic rings. The highest BCUT2D eigenvalue weighted by Crippen LogP contribution is 2.40. The third-order valence-electron chi connectivity index (χ3n) is 6.90. The molecule has 40 heavy (non-hydrogen) atoms. The number of anilines is 1. The van der Waals surface area contributed by atoms with Gasteiger partial charge in [-0.3, -0.25) is 14.3 Å². The fraction of sp³-hybridized carbons (Fsp3) is 0.250. The average molecular weight is 596 g/mol. The zero-order chi connectivity index (χ0) is 28.1. The van der Waals surface area contributed by atoms with Gasteiger partial charge in [0.25, 0.3) is 5.56 Å². The Balaban J connectivity index is 1.33. The third kappa shape index (κ3) is 4.66. The number of hydrogen-bond acceptors (Lipinski definition) is 8. The van der Waals surface area contributed by atoms with E-state index in [2.05, 4.69) is 15.0 Å². The molecule has 9 nitrogen and oxygen atoms in total. The summed E-state index contributed by atoms with van der Waals surface area (Å²) in [7, 11) is 0. The second-order valence-corrected chi connectivity index (χ2v) is 11.3. The number of carbonyl (C=O) groups is 1. The minimum absolute atomic E-state index is 0.153. The Morgan fingerprint density at radius 3 is 2.60 bits per heavy atom. The first kappa shape index (κ1) is 26.5. The molecule has 1 fully saturated rings. The topological polar surface area (TPSA) is 110 Å². The molecule has 0 spiro atoms. The third-order valence-corrected chi connectivity index (χ3v) is 8.41. The van der Waals surface area contributed by atoms with Crippen LogP contribution in [0.5, 0.6) is 5.75 Å². The van der Waals surface area contributed by atoms with Crippen molar-refractivity contribution in [3.8, 4) is 16.9 Å². The van der Waals surface area contributed by atoms with Gasteiger partial charge in [-0.2, -0.15) is 0 Å². The number of aryl methyl sites for hydroxylation is 2. The number of thiophene rings is 1. The van der Waals surface area contributed by atoms with E-state index in [9.17, 15) is 14.7 Å². The standard InChI is InChI=1S/C28H23Cl2N5O4S/c1-14-10-18(25-23(31-14)19(13-40-25)28(37)38)17-11-16(29)4-5-22(17)39-9-8-35-15(2)32-21-12-20(30)26(34-6-3-7-34)33-24(21)27(35)36/h4-5,10-13H,3,6-9H2,1-2H3,(H,37,38). The number of aromatic carboxylic acids is 1. The lowest BCUT2D eigenvalue weighted by atomic mass is 10.0. The summed E-state index contributed by atoms with van der Waals surface area (Å²) in [5.41, 5.74) is 3.20. The first-order valence-electron chi connectivity index (χ1n) is 12.6. The van der Waals surface area contributed by atoms with E-state index in [1.807, 2.05) is 17.9 Å². The van der Waals surface area contributed by atoms with Crippen LogP contribution >= 0.6 is 34.5 Å². The van der Waals surface area contributed by atoms with Crippen molar-refractivity contribution in [2.75, 3.05) is 24.6 Å². The van der Waals surface area contributed by atoms with Crippen molar-refractivity contribution >= 4 is 67.6 Å². The van der Waals surface area contributed by atoms with Crippen molar-refractivity contribution in [1.29, 1.82) is 0 Å². The summed E-state index contributed by atoms with van der Waals surface area (Å²) in [6.45, 7) is 5.71. The summed E-state index contributed by atoms with van der Waals surface area (Å²) in [5.74, 6) is 0.649. The molecule has 12 heteroatoms. The molecule has 0 aliphatic carbocycles. The Kier molecular flexibility index (Phi) is 6.85. The number of fused-ring (bicyclic) bond motifs is 2. The molecule has 1 aliphatic heterocycles. The predicted molar refractivity (Wildman–Crippen MR) is 158 cm³/mol. The van der Waals surface area contributed by atoms with E-state index in [0.29, 0.717) is 49.7 Å². The molecule has 0 bridgehead atoms. The van der Waals surface area contributed by atoms with Crippen LogP contribution in [0.2, 0.25) is 10.0 Å².